The molecule has 0 fully saturated rings. The second-order valence-corrected chi connectivity index (χ2v) is 5.23. The van der Waals surface area contributed by atoms with Crippen molar-refractivity contribution >= 4 is 5.91 Å². The first-order chi connectivity index (χ1) is 11.4. The van der Waals surface area contributed by atoms with Crippen molar-refractivity contribution in [1.29, 1.82) is 0 Å². The van der Waals surface area contributed by atoms with Gasteiger partial charge in [0.25, 0.3) is 5.91 Å². The van der Waals surface area contributed by atoms with Gasteiger partial charge in [-0.05, 0) is 12.5 Å². The number of aromatic nitrogens is 2. The molecule has 1 unspecified atom stereocenters. The minimum Gasteiger partial charge on any atom is -0.383 e. The van der Waals surface area contributed by atoms with Crippen molar-refractivity contribution < 1.29 is 22.7 Å². The molecule has 8 heteroatoms. The number of hydrogen-bond donors (Lipinski definition) is 1. The van der Waals surface area contributed by atoms with Crippen LogP contribution in [0.15, 0.2) is 36.5 Å². The minimum atomic E-state index is -4.65. The van der Waals surface area contributed by atoms with Crippen molar-refractivity contribution in [3.63, 3.8) is 0 Å². The van der Waals surface area contributed by atoms with Crippen LogP contribution in [0.5, 0.6) is 0 Å². The quantitative estimate of drug-likeness (QED) is 0.877. The summed E-state index contributed by atoms with van der Waals surface area (Å²) >= 11 is 0. The monoisotopic (exact) mass is 341 g/mol. The predicted molar refractivity (Wildman–Crippen MR) is 81.4 cm³/mol. The number of carbonyl (C=O) groups excluding carboxylic acids is 1. The van der Waals surface area contributed by atoms with Crippen LogP contribution in [0.25, 0.3) is 0 Å². The van der Waals surface area contributed by atoms with Crippen LogP contribution in [0, 0.1) is 0 Å². The Morgan fingerprint density at radius 2 is 2.00 bits per heavy atom. The van der Waals surface area contributed by atoms with Crippen molar-refractivity contribution in [2.75, 3.05) is 20.3 Å². The van der Waals surface area contributed by atoms with Gasteiger partial charge in [-0.15, -0.1) is 0 Å². The first-order valence-electron chi connectivity index (χ1n) is 7.31. The lowest BCUT2D eigenvalue weighted by Gasteiger charge is -2.29. The second kappa shape index (κ2) is 7.48. The predicted octanol–water partition coefficient (Wildman–Crippen LogP) is 3.28. The number of amides is 1. The van der Waals surface area contributed by atoms with E-state index in [4.69, 9.17) is 4.74 Å². The van der Waals surface area contributed by atoms with E-state index in [2.05, 4.69) is 10.2 Å². The summed E-state index contributed by atoms with van der Waals surface area (Å²) in [6.45, 7) is 2.12. The van der Waals surface area contributed by atoms with E-state index in [-0.39, 0.29) is 13.2 Å². The number of ether oxygens (including phenoxy) is 1. The molecule has 0 aliphatic carbocycles. The molecular formula is C16H18F3N3O2. The molecule has 1 heterocycles. The summed E-state index contributed by atoms with van der Waals surface area (Å²) in [7, 11) is 1.47. The van der Waals surface area contributed by atoms with Gasteiger partial charge in [-0.2, -0.15) is 18.3 Å². The van der Waals surface area contributed by atoms with Crippen molar-refractivity contribution in [3.8, 4) is 0 Å². The summed E-state index contributed by atoms with van der Waals surface area (Å²) in [5, 5.41) is 5.55. The van der Waals surface area contributed by atoms with E-state index in [1.807, 2.05) is 30.3 Å². The van der Waals surface area contributed by atoms with Crippen molar-refractivity contribution in [2.24, 2.45) is 0 Å². The highest BCUT2D eigenvalue weighted by molar-refractivity contribution is 5.94. The SMILES string of the molecule is COCCN(C(=O)c1[nH]ncc1C(F)(F)F)C(C)c1ccccc1. The number of hydrogen-bond acceptors (Lipinski definition) is 3. The Balaban J connectivity index is 2.34. The normalized spacial score (nSPS) is 12.9. The summed E-state index contributed by atoms with van der Waals surface area (Å²) in [4.78, 5) is 14.0. The van der Waals surface area contributed by atoms with Crippen LogP contribution in [-0.2, 0) is 10.9 Å². The van der Waals surface area contributed by atoms with Crippen LogP contribution in [0.3, 0.4) is 0 Å². The third-order valence-electron chi connectivity index (χ3n) is 3.71. The molecule has 0 spiro atoms. The third-order valence-corrected chi connectivity index (χ3v) is 3.71. The Morgan fingerprint density at radius 3 is 2.58 bits per heavy atom. The topological polar surface area (TPSA) is 58.2 Å². The van der Waals surface area contributed by atoms with Crippen LogP contribution in [0.1, 0.15) is 34.6 Å². The number of nitrogens with zero attached hydrogens (tertiary/aromatic N) is 2. The number of carbonyl (C=O) groups is 1. The zero-order valence-electron chi connectivity index (χ0n) is 13.3. The van der Waals surface area contributed by atoms with Crippen LogP contribution in [-0.4, -0.2) is 41.3 Å². The number of aromatic amines is 1. The fraction of sp³-hybridized carbons (Fsp3) is 0.375. The fourth-order valence-corrected chi connectivity index (χ4v) is 2.38. The number of methoxy groups -OCH3 is 1. The molecule has 1 amide bonds. The molecule has 0 aliphatic rings. The zero-order valence-corrected chi connectivity index (χ0v) is 13.3. The summed E-state index contributed by atoms with van der Waals surface area (Å²) in [6.07, 6.45) is -4.03. The van der Waals surface area contributed by atoms with E-state index in [1.54, 1.807) is 6.92 Å². The van der Waals surface area contributed by atoms with Gasteiger partial charge in [-0.25, -0.2) is 0 Å². The summed E-state index contributed by atoms with van der Waals surface area (Å²) in [5.74, 6) is -0.770. The lowest BCUT2D eigenvalue weighted by molar-refractivity contribution is -0.138. The average Bonchev–Trinajstić information content (AvgIpc) is 3.05. The maximum absolute atomic E-state index is 13.0. The number of rotatable bonds is 6. The molecule has 5 nitrogen and oxygen atoms in total. The maximum Gasteiger partial charge on any atom is 0.420 e. The lowest BCUT2D eigenvalue weighted by atomic mass is 10.1. The van der Waals surface area contributed by atoms with Crippen LogP contribution < -0.4 is 0 Å². The van der Waals surface area contributed by atoms with Crippen LogP contribution >= 0.6 is 0 Å². The van der Waals surface area contributed by atoms with Gasteiger partial charge in [0.1, 0.15) is 11.3 Å². The number of nitrogens with one attached hydrogen (secondary N) is 1. The van der Waals surface area contributed by atoms with E-state index in [0.29, 0.717) is 6.20 Å². The molecule has 1 atom stereocenters. The van der Waals surface area contributed by atoms with Gasteiger partial charge in [-0.3, -0.25) is 9.89 Å². The molecule has 0 radical (unpaired) electrons. The Morgan fingerprint density at radius 1 is 1.33 bits per heavy atom. The first-order valence-corrected chi connectivity index (χ1v) is 7.31. The van der Waals surface area contributed by atoms with Gasteiger partial charge < -0.3 is 9.64 Å². The molecule has 1 aromatic heterocycles. The van der Waals surface area contributed by atoms with E-state index in [9.17, 15) is 18.0 Å². The standard InChI is InChI=1S/C16H18F3N3O2/c1-11(12-6-4-3-5-7-12)22(8-9-24-2)15(23)14-13(10-20-21-14)16(17,18)19/h3-7,10-11H,8-9H2,1-2H3,(H,20,21). The summed E-state index contributed by atoms with van der Waals surface area (Å²) < 4.78 is 44.1. The van der Waals surface area contributed by atoms with E-state index in [0.717, 1.165) is 5.56 Å². The van der Waals surface area contributed by atoms with Gasteiger partial charge in [0.2, 0.25) is 0 Å². The Hall–Kier alpha value is -2.35. The number of halogens is 3. The third kappa shape index (κ3) is 3.94. The van der Waals surface area contributed by atoms with Crippen molar-refractivity contribution in [3.05, 3.63) is 53.3 Å². The highest BCUT2D eigenvalue weighted by atomic mass is 19.4. The molecular weight excluding hydrogens is 323 g/mol. The number of alkyl halides is 3. The molecule has 1 N–H and O–H groups in total. The van der Waals surface area contributed by atoms with Gasteiger partial charge in [0.05, 0.1) is 18.8 Å². The van der Waals surface area contributed by atoms with Gasteiger partial charge in [-0.1, -0.05) is 30.3 Å². The Labute approximate surface area is 137 Å². The molecule has 0 saturated carbocycles. The highest BCUT2D eigenvalue weighted by Gasteiger charge is 2.38. The smallest absolute Gasteiger partial charge is 0.383 e. The second-order valence-electron chi connectivity index (χ2n) is 5.23. The van der Waals surface area contributed by atoms with Gasteiger partial charge in [0.15, 0.2) is 0 Å². The van der Waals surface area contributed by atoms with Crippen molar-refractivity contribution in [2.45, 2.75) is 19.1 Å². The van der Waals surface area contributed by atoms with E-state index in [1.165, 1.54) is 12.0 Å². The van der Waals surface area contributed by atoms with E-state index < -0.39 is 29.4 Å². The molecule has 0 saturated heterocycles. The van der Waals surface area contributed by atoms with Crippen LogP contribution in [0.4, 0.5) is 13.2 Å². The first kappa shape index (κ1) is 18.0. The molecule has 130 valence electrons. The fourth-order valence-electron chi connectivity index (χ4n) is 2.38. The average molecular weight is 341 g/mol. The van der Waals surface area contributed by atoms with Crippen molar-refractivity contribution in [1.82, 2.24) is 15.1 Å². The largest absolute Gasteiger partial charge is 0.420 e. The highest BCUT2D eigenvalue weighted by Crippen LogP contribution is 2.32. The zero-order chi connectivity index (χ0) is 17.7. The lowest BCUT2D eigenvalue weighted by Crippen LogP contribution is -2.37. The van der Waals surface area contributed by atoms with Crippen LogP contribution in [0.2, 0.25) is 0 Å². The summed E-state index contributed by atoms with van der Waals surface area (Å²) in [6, 6.07) is 8.65. The Bertz CT molecular complexity index is 671. The van der Waals surface area contributed by atoms with E-state index >= 15 is 0 Å². The Kier molecular flexibility index (Phi) is 5.61. The molecule has 24 heavy (non-hydrogen) atoms. The van der Waals surface area contributed by atoms with Gasteiger partial charge >= 0.3 is 6.18 Å². The molecule has 0 aliphatic heterocycles. The number of H-pyrrole nitrogens is 1. The maximum atomic E-state index is 13.0. The minimum absolute atomic E-state index is 0.154. The molecule has 2 rings (SSSR count). The molecule has 0 bridgehead atoms. The van der Waals surface area contributed by atoms with Gasteiger partial charge in [0, 0.05) is 13.7 Å². The molecule has 1 aromatic carbocycles. The molecule has 2 aromatic rings. The summed E-state index contributed by atoms with van der Waals surface area (Å²) in [5.41, 5.74) is -0.827. The number of benzene rings is 1.